The Morgan fingerprint density at radius 2 is 2.00 bits per heavy atom. The van der Waals surface area contributed by atoms with Gasteiger partial charge in [0, 0.05) is 11.8 Å². The molecule has 0 saturated heterocycles. The standard InChI is InChI=1S/C14H13ClF2N2/c1-8-5-13(14(15)18-7-8)19-9(2)11-6-10(16)3-4-12(11)17/h3-7,9,19H,1-2H3. The number of hydrogen-bond acceptors (Lipinski definition) is 2. The van der Waals surface area contributed by atoms with Crippen LogP contribution in [-0.4, -0.2) is 4.98 Å². The molecule has 0 bridgehead atoms. The average molecular weight is 283 g/mol. The molecule has 1 atom stereocenters. The Morgan fingerprint density at radius 3 is 2.74 bits per heavy atom. The molecule has 0 aliphatic carbocycles. The Bertz CT molecular complexity index is 602. The topological polar surface area (TPSA) is 24.9 Å². The summed E-state index contributed by atoms with van der Waals surface area (Å²) < 4.78 is 26.8. The number of benzene rings is 1. The number of rotatable bonds is 3. The van der Waals surface area contributed by atoms with E-state index >= 15 is 0 Å². The maximum Gasteiger partial charge on any atom is 0.152 e. The Morgan fingerprint density at radius 1 is 1.26 bits per heavy atom. The van der Waals surface area contributed by atoms with Gasteiger partial charge in [-0.1, -0.05) is 11.6 Å². The minimum atomic E-state index is -0.474. The second-order valence-corrected chi connectivity index (χ2v) is 4.74. The van der Waals surface area contributed by atoms with Crippen LogP contribution in [-0.2, 0) is 0 Å². The van der Waals surface area contributed by atoms with E-state index in [0.717, 1.165) is 17.7 Å². The van der Waals surface area contributed by atoms with Gasteiger partial charge in [0.2, 0.25) is 0 Å². The van der Waals surface area contributed by atoms with Crippen LogP contribution in [0.4, 0.5) is 14.5 Å². The maximum absolute atomic E-state index is 13.6. The molecular formula is C14H13ClF2N2. The van der Waals surface area contributed by atoms with E-state index < -0.39 is 17.7 Å². The van der Waals surface area contributed by atoms with E-state index in [1.165, 1.54) is 6.07 Å². The van der Waals surface area contributed by atoms with Gasteiger partial charge in [0.1, 0.15) is 11.6 Å². The van der Waals surface area contributed by atoms with Crippen LogP contribution in [0.1, 0.15) is 24.1 Å². The van der Waals surface area contributed by atoms with Crippen molar-refractivity contribution < 1.29 is 8.78 Å². The van der Waals surface area contributed by atoms with Gasteiger partial charge in [0.15, 0.2) is 5.15 Å². The number of anilines is 1. The predicted molar refractivity (Wildman–Crippen MR) is 72.4 cm³/mol. The third-order valence-corrected chi connectivity index (χ3v) is 3.07. The second-order valence-electron chi connectivity index (χ2n) is 4.38. The molecule has 0 spiro atoms. The molecule has 100 valence electrons. The number of nitrogens with one attached hydrogen (secondary N) is 1. The smallest absolute Gasteiger partial charge is 0.152 e. The van der Waals surface area contributed by atoms with Crippen molar-refractivity contribution in [2.45, 2.75) is 19.9 Å². The molecule has 0 radical (unpaired) electrons. The number of nitrogens with zero attached hydrogens (tertiary/aromatic N) is 1. The van der Waals surface area contributed by atoms with E-state index in [0.29, 0.717) is 10.8 Å². The molecule has 2 nitrogen and oxygen atoms in total. The van der Waals surface area contributed by atoms with E-state index in [1.807, 2.05) is 13.0 Å². The van der Waals surface area contributed by atoms with Gasteiger partial charge in [0.25, 0.3) is 0 Å². The first-order chi connectivity index (χ1) is 8.97. The van der Waals surface area contributed by atoms with E-state index in [1.54, 1.807) is 13.1 Å². The van der Waals surface area contributed by atoms with Gasteiger partial charge in [-0.25, -0.2) is 13.8 Å². The highest BCUT2D eigenvalue weighted by atomic mass is 35.5. The molecule has 0 amide bonds. The summed E-state index contributed by atoms with van der Waals surface area (Å²) in [4.78, 5) is 4.00. The van der Waals surface area contributed by atoms with Crippen LogP contribution in [0.15, 0.2) is 30.5 Å². The Labute approximate surface area is 115 Å². The normalized spacial score (nSPS) is 12.3. The molecule has 5 heteroatoms. The van der Waals surface area contributed by atoms with Crippen molar-refractivity contribution in [3.05, 3.63) is 58.4 Å². The molecule has 19 heavy (non-hydrogen) atoms. The first-order valence-corrected chi connectivity index (χ1v) is 6.19. The van der Waals surface area contributed by atoms with Crippen LogP contribution in [0.5, 0.6) is 0 Å². The summed E-state index contributed by atoms with van der Waals surface area (Å²) in [6, 6.07) is 4.76. The highest BCUT2D eigenvalue weighted by Crippen LogP contribution is 2.26. The number of aromatic nitrogens is 1. The van der Waals surface area contributed by atoms with Crippen LogP contribution in [0.25, 0.3) is 0 Å². The molecule has 0 fully saturated rings. The lowest BCUT2D eigenvalue weighted by Gasteiger charge is -2.17. The molecule has 0 aliphatic heterocycles. The van der Waals surface area contributed by atoms with E-state index in [2.05, 4.69) is 10.3 Å². The molecule has 2 rings (SSSR count). The lowest BCUT2D eigenvalue weighted by atomic mass is 10.1. The minimum absolute atomic E-state index is 0.248. The zero-order valence-corrected chi connectivity index (χ0v) is 11.3. The Kier molecular flexibility index (Phi) is 4.00. The molecule has 0 aliphatic rings. The minimum Gasteiger partial charge on any atom is -0.376 e. The summed E-state index contributed by atoms with van der Waals surface area (Å²) in [6.07, 6.45) is 1.64. The number of halogens is 3. The monoisotopic (exact) mass is 282 g/mol. The molecule has 1 unspecified atom stereocenters. The fourth-order valence-electron chi connectivity index (χ4n) is 1.81. The van der Waals surface area contributed by atoms with Crippen LogP contribution in [0.2, 0.25) is 5.15 Å². The molecule has 1 aromatic carbocycles. The van der Waals surface area contributed by atoms with Crippen molar-refractivity contribution in [1.82, 2.24) is 4.98 Å². The number of aryl methyl sites for hydroxylation is 1. The van der Waals surface area contributed by atoms with Gasteiger partial charge in [-0.05, 0) is 43.7 Å². The van der Waals surface area contributed by atoms with E-state index in [9.17, 15) is 8.78 Å². The zero-order valence-electron chi connectivity index (χ0n) is 10.5. The van der Waals surface area contributed by atoms with Gasteiger partial charge in [0.05, 0.1) is 11.7 Å². The Balaban J connectivity index is 2.27. The zero-order chi connectivity index (χ0) is 14.0. The Hall–Kier alpha value is -1.68. The van der Waals surface area contributed by atoms with Crippen LogP contribution in [0, 0.1) is 18.6 Å². The van der Waals surface area contributed by atoms with Crippen molar-refractivity contribution in [2.24, 2.45) is 0 Å². The van der Waals surface area contributed by atoms with Crippen molar-refractivity contribution in [3.63, 3.8) is 0 Å². The molecule has 1 heterocycles. The molecular weight excluding hydrogens is 270 g/mol. The highest BCUT2D eigenvalue weighted by Gasteiger charge is 2.13. The second kappa shape index (κ2) is 5.53. The fourth-order valence-corrected chi connectivity index (χ4v) is 1.97. The molecule has 1 aromatic heterocycles. The molecule has 2 aromatic rings. The van der Waals surface area contributed by atoms with Gasteiger partial charge in [-0.3, -0.25) is 0 Å². The largest absolute Gasteiger partial charge is 0.376 e. The summed E-state index contributed by atoms with van der Waals surface area (Å²) in [7, 11) is 0. The SMILES string of the molecule is Cc1cnc(Cl)c(NC(C)c2cc(F)ccc2F)c1. The van der Waals surface area contributed by atoms with Crippen molar-refractivity contribution in [3.8, 4) is 0 Å². The van der Waals surface area contributed by atoms with Gasteiger partial charge >= 0.3 is 0 Å². The predicted octanol–water partition coefficient (Wildman–Crippen LogP) is 4.49. The van der Waals surface area contributed by atoms with E-state index in [4.69, 9.17) is 11.6 Å². The van der Waals surface area contributed by atoms with Gasteiger partial charge in [-0.2, -0.15) is 0 Å². The number of hydrogen-bond donors (Lipinski definition) is 1. The fraction of sp³-hybridized carbons (Fsp3) is 0.214. The summed E-state index contributed by atoms with van der Waals surface area (Å²) in [5, 5.41) is 3.33. The van der Waals surface area contributed by atoms with Crippen molar-refractivity contribution >= 4 is 17.3 Å². The third-order valence-electron chi connectivity index (χ3n) is 2.77. The summed E-state index contributed by atoms with van der Waals surface area (Å²) in [5.74, 6) is -0.934. The van der Waals surface area contributed by atoms with Gasteiger partial charge in [-0.15, -0.1) is 0 Å². The van der Waals surface area contributed by atoms with E-state index in [-0.39, 0.29) is 5.56 Å². The number of pyridine rings is 1. The van der Waals surface area contributed by atoms with Crippen molar-refractivity contribution in [2.75, 3.05) is 5.32 Å². The summed E-state index contributed by atoms with van der Waals surface area (Å²) in [6.45, 7) is 3.61. The van der Waals surface area contributed by atoms with Crippen molar-refractivity contribution in [1.29, 1.82) is 0 Å². The summed E-state index contributed by atoms with van der Waals surface area (Å²) >= 11 is 5.96. The van der Waals surface area contributed by atoms with Crippen LogP contribution >= 0.6 is 11.6 Å². The molecule has 0 saturated carbocycles. The first kappa shape index (κ1) is 13.7. The third kappa shape index (κ3) is 3.20. The lowest BCUT2D eigenvalue weighted by molar-refractivity contribution is 0.577. The van der Waals surface area contributed by atoms with Crippen LogP contribution in [0.3, 0.4) is 0 Å². The first-order valence-electron chi connectivity index (χ1n) is 5.81. The quantitative estimate of drug-likeness (QED) is 0.839. The lowest BCUT2D eigenvalue weighted by Crippen LogP contribution is -2.10. The van der Waals surface area contributed by atoms with Crippen LogP contribution < -0.4 is 5.32 Å². The average Bonchev–Trinajstić information content (AvgIpc) is 2.36. The summed E-state index contributed by atoms with van der Waals surface area (Å²) in [5.41, 5.74) is 1.77. The van der Waals surface area contributed by atoms with Gasteiger partial charge < -0.3 is 5.32 Å². The molecule has 1 N–H and O–H groups in total. The maximum atomic E-state index is 13.6. The highest BCUT2D eigenvalue weighted by molar-refractivity contribution is 6.31.